The van der Waals surface area contributed by atoms with Gasteiger partial charge in [0.15, 0.2) is 5.75 Å². The van der Waals surface area contributed by atoms with Crippen LogP contribution in [0.15, 0.2) is 41.1 Å². The van der Waals surface area contributed by atoms with E-state index in [0.717, 1.165) is 15.8 Å². The second-order valence-corrected chi connectivity index (χ2v) is 6.03. The number of hydrogen-bond donors (Lipinski definition) is 1. The van der Waals surface area contributed by atoms with Gasteiger partial charge in [-0.05, 0) is 35.7 Å². The van der Waals surface area contributed by atoms with Crippen LogP contribution < -0.4 is 10.5 Å². The quantitative estimate of drug-likeness (QED) is 0.830. The van der Waals surface area contributed by atoms with Crippen molar-refractivity contribution in [3.63, 3.8) is 0 Å². The number of ether oxygens (including phenoxy) is 1. The highest BCUT2D eigenvalue weighted by Crippen LogP contribution is 2.33. The van der Waals surface area contributed by atoms with Crippen molar-refractivity contribution in [2.45, 2.75) is 19.8 Å². The lowest BCUT2D eigenvalue weighted by Gasteiger charge is -2.15. The summed E-state index contributed by atoms with van der Waals surface area (Å²) in [6, 6.07) is 7.68. The minimum absolute atomic E-state index is 0.297. The number of hydrogen-bond acceptors (Lipinski definition) is 3. The molecule has 2 aromatic rings. The molecule has 0 fully saturated rings. The van der Waals surface area contributed by atoms with Crippen molar-refractivity contribution in [2.75, 3.05) is 0 Å². The lowest BCUT2D eigenvalue weighted by atomic mass is 10.0. The number of thiocarbonyl (C=S) groups is 1. The van der Waals surface area contributed by atoms with Gasteiger partial charge >= 0.3 is 0 Å². The van der Waals surface area contributed by atoms with Gasteiger partial charge in [-0.1, -0.05) is 42.0 Å². The molecule has 0 atom stereocenters. The van der Waals surface area contributed by atoms with E-state index >= 15 is 0 Å². The molecule has 5 heteroatoms. The van der Waals surface area contributed by atoms with Gasteiger partial charge in [0, 0.05) is 10.7 Å². The molecule has 0 amide bonds. The molecule has 0 spiro atoms. The molecule has 0 saturated heterocycles. The number of aromatic nitrogens is 1. The Morgan fingerprint density at radius 1 is 1.30 bits per heavy atom. The highest BCUT2D eigenvalue weighted by atomic mass is 79.9. The highest BCUT2D eigenvalue weighted by molar-refractivity contribution is 9.10. The van der Waals surface area contributed by atoms with Crippen molar-refractivity contribution >= 4 is 33.1 Å². The molecule has 1 heterocycles. The van der Waals surface area contributed by atoms with Gasteiger partial charge < -0.3 is 10.5 Å². The molecule has 0 unspecified atom stereocenters. The van der Waals surface area contributed by atoms with Crippen molar-refractivity contribution < 1.29 is 4.74 Å². The van der Waals surface area contributed by atoms with Gasteiger partial charge in [0.25, 0.3) is 0 Å². The van der Waals surface area contributed by atoms with Crippen LogP contribution >= 0.6 is 28.1 Å². The fourth-order valence-electron chi connectivity index (χ4n) is 1.85. The molecular formula is C15H15BrN2OS. The fourth-order valence-corrected chi connectivity index (χ4v) is 2.39. The Labute approximate surface area is 132 Å². The standard InChI is InChI=1S/C15H15BrN2OS/c1-9(2)12-7-10(16)3-4-13(12)19-14-8-18-6-5-11(14)15(17)20/h3-9H,1-2H3,(H2,17,20). The van der Waals surface area contributed by atoms with Crippen molar-refractivity contribution in [2.24, 2.45) is 5.73 Å². The summed E-state index contributed by atoms with van der Waals surface area (Å²) in [5.74, 6) is 1.70. The largest absolute Gasteiger partial charge is 0.455 e. The summed E-state index contributed by atoms with van der Waals surface area (Å²) in [5, 5.41) is 0. The molecule has 0 bridgehead atoms. The molecule has 20 heavy (non-hydrogen) atoms. The first-order valence-corrected chi connectivity index (χ1v) is 7.40. The molecule has 0 aliphatic rings. The van der Waals surface area contributed by atoms with Crippen LogP contribution in [0.1, 0.15) is 30.9 Å². The number of rotatable bonds is 4. The van der Waals surface area contributed by atoms with E-state index < -0.39 is 0 Å². The van der Waals surface area contributed by atoms with E-state index in [9.17, 15) is 0 Å². The second kappa shape index (κ2) is 6.33. The highest BCUT2D eigenvalue weighted by Gasteiger charge is 2.12. The Hall–Kier alpha value is -1.46. The molecule has 2 rings (SSSR count). The lowest BCUT2D eigenvalue weighted by Crippen LogP contribution is -2.11. The van der Waals surface area contributed by atoms with Crippen molar-refractivity contribution in [3.8, 4) is 11.5 Å². The van der Waals surface area contributed by atoms with E-state index in [4.69, 9.17) is 22.7 Å². The molecule has 3 nitrogen and oxygen atoms in total. The molecule has 2 N–H and O–H groups in total. The van der Waals surface area contributed by atoms with E-state index in [-0.39, 0.29) is 0 Å². The van der Waals surface area contributed by atoms with Crippen molar-refractivity contribution in [1.82, 2.24) is 4.98 Å². The lowest BCUT2D eigenvalue weighted by molar-refractivity contribution is 0.470. The zero-order valence-electron chi connectivity index (χ0n) is 11.3. The molecule has 0 saturated carbocycles. The number of nitrogens with zero attached hydrogens (tertiary/aromatic N) is 1. The summed E-state index contributed by atoms with van der Waals surface area (Å²) < 4.78 is 6.99. The van der Waals surface area contributed by atoms with E-state index in [1.54, 1.807) is 18.5 Å². The van der Waals surface area contributed by atoms with Crippen LogP contribution in [-0.4, -0.2) is 9.97 Å². The average molecular weight is 351 g/mol. The Balaban J connectivity index is 2.43. The van der Waals surface area contributed by atoms with Crippen molar-refractivity contribution in [1.29, 1.82) is 0 Å². The normalized spacial score (nSPS) is 10.6. The predicted molar refractivity (Wildman–Crippen MR) is 88.4 cm³/mol. The van der Waals surface area contributed by atoms with E-state index in [0.29, 0.717) is 22.2 Å². The van der Waals surface area contributed by atoms with Gasteiger partial charge in [-0.15, -0.1) is 0 Å². The third kappa shape index (κ3) is 3.35. The number of halogens is 1. The minimum Gasteiger partial charge on any atom is -0.455 e. The molecule has 0 radical (unpaired) electrons. The molecule has 1 aromatic heterocycles. The zero-order chi connectivity index (χ0) is 14.7. The Morgan fingerprint density at radius 2 is 2.05 bits per heavy atom. The SMILES string of the molecule is CC(C)c1cc(Br)ccc1Oc1cnccc1C(N)=S. The molecule has 0 aliphatic carbocycles. The van der Waals surface area contributed by atoms with Crippen LogP contribution in [0.25, 0.3) is 0 Å². The first-order chi connectivity index (χ1) is 9.49. The Bertz CT molecular complexity index is 644. The third-order valence-corrected chi connectivity index (χ3v) is 3.58. The topological polar surface area (TPSA) is 48.1 Å². The van der Waals surface area contributed by atoms with Crippen LogP contribution in [0.5, 0.6) is 11.5 Å². The van der Waals surface area contributed by atoms with Gasteiger partial charge in [0.2, 0.25) is 0 Å². The summed E-state index contributed by atoms with van der Waals surface area (Å²) in [7, 11) is 0. The monoisotopic (exact) mass is 350 g/mol. The van der Waals surface area contributed by atoms with Gasteiger partial charge in [-0.3, -0.25) is 4.98 Å². The van der Waals surface area contributed by atoms with Crippen LogP contribution in [0.2, 0.25) is 0 Å². The zero-order valence-corrected chi connectivity index (χ0v) is 13.7. The minimum atomic E-state index is 0.297. The molecular weight excluding hydrogens is 336 g/mol. The predicted octanol–water partition coefficient (Wildman–Crippen LogP) is 4.39. The van der Waals surface area contributed by atoms with E-state index in [2.05, 4.69) is 40.8 Å². The van der Waals surface area contributed by atoms with Gasteiger partial charge in [0.05, 0.1) is 11.8 Å². The summed E-state index contributed by atoms with van der Waals surface area (Å²) in [6.45, 7) is 4.23. The third-order valence-electron chi connectivity index (χ3n) is 2.86. The summed E-state index contributed by atoms with van der Waals surface area (Å²) >= 11 is 8.51. The van der Waals surface area contributed by atoms with Crippen LogP contribution in [0, 0.1) is 0 Å². The Morgan fingerprint density at radius 3 is 2.70 bits per heavy atom. The van der Waals surface area contributed by atoms with Crippen LogP contribution in [0.3, 0.4) is 0 Å². The van der Waals surface area contributed by atoms with Gasteiger partial charge in [-0.2, -0.15) is 0 Å². The van der Waals surface area contributed by atoms with Crippen LogP contribution in [-0.2, 0) is 0 Å². The van der Waals surface area contributed by atoms with Gasteiger partial charge in [-0.25, -0.2) is 0 Å². The summed E-state index contributed by atoms with van der Waals surface area (Å²) in [6.07, 6.45) is 3.27. The van der Waals surface area contributed by atoms with Crippen LogP contribution in [0.4, 0.5) is 0 Å². The smallest absolute Gasteiger partial charge is 0.155 e. The first kappa shape index (κ1) is 14.9. The first-order valence-electron chi connectivity index (χ1n) is 6.20. The summed E-state index contributed by atoms with van der Waals surface area (Å²) in [4.78, 5) is 4.36. The Kier molecular flexibility index (Phi) is 4.73. The number of nitrogens with two attached hydrogens (primary N) is 1. The number of pyridine rings is 1. The van der Waals surface area contributed by atoms with Crippen molar-refractivity contribution in [3.05, 3.63) is 52.3 Å². The fraction of sp³-hybridized carbons (Fsp3) is 0.200. The molecule has 0 aliphatic heterocycles. The molecule has 1 aromatic carbocycles. The second-order valence-electron chi connectivity index (χ2n) is 4.67. The number of benzene rings is 1. The maximum atomic E-state index is 5.97. The van der Waals surface area contributed by atoms with E-state index in [1.165, 1.54) is 0 Å². The average Bonchev–Trinajstić information content (AvgIpc) is 2.41. The van der Waals surface area contributed by atoms with Gasteiger partial charge in [0.1, 0.15) is 10.7 Å². The summed E-state index contributed by atoms with van der Waals surface area (Å²) in [5.41, 5.74) is 7.50. The molecule has 104 valence electrons. The maximum absolute atomic E-state index is 5.97. The van der Waals surface area contributed by atoms with E-state index in [1.807, 2.05) is 12.1 Å². The maximum Gasteiger partial charge on any atom is 0.155 e.